The van der Waals surface area contributed by atoms with Crippen molar-refractivity contribution < 1.29 is 14.6 Å². The summed E-state index contributed by atoms with van der Waals surface area (Å²) in [5.74, 6) is 2.29. The van der Waals surface area contributed by atoms with Gasteiger partial charge in [0.1, 0.15) is 11.5 Å². The van der Waals surface area contributed by atoms with Crippen LogP contribution >= 0.6 is 0 Å². The number of carbonyl (C=O) groups is 1. The molecule has 3 heteroatoms. The molecule has 22 heavy (non-hydrogen) atoms. The minimum absolute atomic E-state index is 0.147. The van der Waals surface area contributed by atoms with Gasteiger partial charge in [-0.2, -0.15) is 0 Å². The number of aryl methyl sites for hydroxylation is 1. The fourth-order valence-corrected chi connectivity index (χ4v) is 5.52. The molecule has 0 aliphatic heterocycles. The number of carbonyl (C=O) groups excluding carboxylic acids is 1. The highest BCUT2D eigenvalue weighted by atomic mass is 16.5. The summed E-state index contributed by atoms with van der Waals surface area (Å²) in [4.78, 5) is 12.4. The van der Waals surface area contributed by atoms with Crippen LogP contribution in [0.25, 0.3) is 0 Å². The highest BCUT2D eigenvalue weighted by molar-refractivity contribution is 5.88. The van der Waals surface area contributed by atoms with Gasteiger partial charge < -0.3 is 9.84 Å². The van der Waals surface area contributed by atoms with Crippen LogP contribution in [0.15, 0.2) is 18.2 Å². The Morgan fingerprint density at radius 1 is 1.32 bits per heavy atom. The van der Waals surface area contributed by atoms with Crippen LogP contribution in [0, 0.1) is 17.3 Å². The second kappa shape index (κ2) is 4.82. The quantitative estimate of drug-likeness (QED) is 0.867. The highest BCUT2D eigenvalue weighted by Crippen LogP contribution is 2.59. The maximum atomic E-state index is 12.4. The van der Waals surface area contributed by atoms with E-state index in [1.54, 1.807) is 7.11 Å². The van der Waals surface area contributed by atoms with Crippen LogP contribution < -0.4 is 4.74 Å². The molecule has 0 spiro atoms. The van der Waals surface area contributed by atoms with E-state index >= 15 is 0 Å². The van der Waals surface area contributed by atoms with Gasteiger partial charge in [0.15, 0.2) is 0 Å². The van der Waals surface area contributed by atoms with E-state index in [-0.39, 0.29) is 17.1 Å². The molecule has 0 amide bonds. The summed E-state index contributed by atoms with van der Waals surface area (Å²) in [6.45, 7) is 2.09. The average Bonchev–Trinajstić information content (AvgIpc) is 2.76. The third-order valence-electron chi connectivity index (χ3n) is 6.63. The summed E-state index contributed by atoms with van der Waals surface area (Å²) >= 11 is 0. The van der Waals surface area contributed by atoms with Gasteiger partial charge in [-0.15, -0.1) is 0 Å². The van der Waals surface area contributed by atoms with E-state index < -0.39 is 6.10 Å². The zero-order valence-electron chi connectivity index (χ0n) is 13.3. The maximum absolute atomic E-state index is 12.4. The minimum Gasteiger partial charge on any atom is -0.497 e. The second-order valence-electron chi connectivity index (χ2n) is 7.55. The monoisotopic (exact) mass is 300 g/mol. The minimum atomic E-state index is -0.440. The van der Waals surface area contributed by atoms with Crippen LogP contribution in [0.5, 0.6) is 5.75 Å². The Morgan fingerprint density at radius 2 is 2.14 bits per heavy atom. The van der Waals surface area contributed by atoms with Crippen molar-refractivity contribution in [1.82, 2.24) is 0 Å². The lowest BCUT2D eigenvalue weighted by Crippen LogP contribution is -2.45. The molecule has 5 atom stereocenters. The molecule has 0 bridgehead atoms. The molecule has 3 aliphatic rings. The van der Waals surface area contributed by atoms with Crippen LogP contribution in [0.3, 0.4) is 0 Å². The van der Waals surface area contributed by atoms with E-state index in [2.05, 4.69) is 19.1 Å². The van der Waals surface area contributed by atoms with E-state index in [1.807, 2.05) is 6.07 Å². The zero-order chi connectivity index (χ0) is 15.5. The Balaban J connectivity index is 1.72. The molecule has 2 saturated carbocycles. The highest BCUT2D eigenvalue weighted by Gasteiger charge is 2.58. The molecule has 2 fully saturated rings. The fraction of sp³-hybridized carbons (Fsp3) is 0.632. The third kappa shape index (κ3) is 1.81. The van der Waals surface area contributed by atoms with Crippen molar-refractivity contribution in [2.45, 2.75) is 51.0 Å². The molecular formula is C19H24O3. The number of methoxy groups -OCH3 is 1. The van der Waals surface area contributed by atoms with Gasteiger partial charge in [0.25, 0.3) is 0 Å². The Kier molecular flexibility index (Phi) is 3.12. The molecule has 0 radical (unpaired) electrons. The van der Waals surface area contributed by atoms with Gasteiger partial charge in [0.05, 0.1) is 13.2 Å². The van der Waals surface area contributed by atoms with E-state index in [9.17, 15) is 9.90 Å². The largest absolute Gasteiger partial charge is 0.497 e. The predicted octanol–water partition coefficient (Wildman–Crippen LogP) is 3.09. The molecular weight excluding hydrogens is 276 g/mol. The van der Waals surface area contributed by atoms with E-state index in [4.69, 9.17) is 4.74 Å². The molecule has 1 aromatic carbocycles. The molecule has 1 aromatic rings. The van der Waals surface area contributed by atoms with Gasteiger partial charge in [-0.3, -0.25) is 4.79 Å². The van der Waals surface area contributed by atoms with Crippen molar-refractivity contribution >= 4 is 5.78 Å². The molecule has 0 saturated heterocycles. The molecule has 3 nitrogen and oxygen atoms in total. The predicted molar refractivity (Wildman–Crippen MR) is 84.0 cm³/mol. The maximum Gasteiger partial charge on any atom is 0.141 e. The Labute approximate surface area is 131 Å². The molecule has 4 rings (SSSR count). The van der Waals surface area contributed by atoms with Gasteiger partial charge in [-0.25, -0.2) is 0 Å². The first-order valence-corrected chi connectivity index (χ1v) is 8.43. The van der Waals surface area contributed by atoms with Crippen molar-refractivity contribution in [3.05, 3.63) is 29.3 Å². The summed E-state index contributed by atoms with van der Waals surface area (Å²) < 4.78 is 5.35. The fourth-order valence-electron chi connectivity index (χ4n) is 5.52. The number of hydrogen-bond acceptors (Lipinski definition) is 3. The van der Waals surface area contributed by atoms with Gasteiger partial charge in [0.2, 0.25) is 0 Å². The van der Waals surface area contributed by atoms with Gasteiger partial charge in [0, 0.05) is 17.8 Å². The van der Waals surface area contributed by atoms with Crippen molar-refractivity contribution in [2.75, 3.05) is 7.11 Å². The second-order valence-corrected chi connectivity index (χ2v) is 7.55. The number of benzene rings is 1. The van der Waals surface area contributed by atoms with Crippen LogP contribution in [-0.2, 0) is 11.2 Å². The summed E-state index contributed by atoms with van der Waals surface area (Å²) in [6.07, 6.45) is 4.01. The van der Waals surface area contributed by atoms with Crippen molar-refractivity contribution in [3.63, 3.8) is 0 Å². The zero-order valence-corrected chi connectivity index (χ0v) is 13.3. The Bertz CT molecular complexity index is 623. The van der Waals surface area contributed by atoms with Gasteiger partial charge in [-0.05, 0) is 60.8 Å². The average molecular weight is 300 g/mol. The van der Waals surface area contributed by atoms with Crippen molar-refractivity contribution in [3.8, 4) is 5.75 Å². The van der Waals surface area contributed by atoms with Gasteiger partial charge >= 0.3 is 0 Å². The van der Waals surface area contributed by atoms with E-state index in [1.165, 1.54) is 11.1 Å². The number of Topliss-reactive ketones (excluding diaryl/α,β-unsaturated/α-hetero) is 1. The number of fused-ring (bicyclic) bond motifs is 5. The normalized spacial score (nSPS) is 39.9. The summed E-state index contributed by atoms with van der Waals surface area (Å²) in [6, 6.07) is 6.41. The smallest absolute Gasteiger partial charge is 0.141 e. The topological polar surface area (TPSA) is 46.5 Å². The van der Waals surface area contributed by atoms with Crippen LogP contribution in [0.1, 0.15) is 49.7 Å². The summed E-state index contributed by atoms with van der Waals surface area (Å²) in [5.41, 5.74) is 2.53. The number of rotatable bonds is 1. The molecule has 0 heterocycles. The third-order valence-corrected chi connectivity index (χ3v) is 6.63. The van der Waals surface area contributed by atoms with Crippen LogP contribution in [-0.4, -0.2) is 24.1 Å². The molecule has 1 unspecified atom stereocenters. The number of ether oxygens (including phenoxy) is 1. The van der Waals surface area contributed by atoms with E-state index in [0.717, 1.165) is 31.4 Å². The van der Waals surface area contributed by atoms with Crippen molar-refractivity contribution in [1.29, 1.82) is 0 Å². The SMILES string of the molecule is COc1ccc2c(c1)CC[C@@H]1[C@@H]2CC[C@]2(C)C(=O)CC(O)[C@@H]12. The first kappa shape index (κ1) is 14.3. The van der Waals surface area contributed by atoms with Gasteiger partial charge in [-0.1, -0.05) is 13.0 Å². The molecule has 118 valence electrons. The lowest BCUT2D eigenvalue weighted by molar-refractivity contribution is -0.129. The molecule has 0 aromatic heterocycles. The molecule has 1 N–H and O–H groups in total. The Morgan fingerprint density at radius 3 is 2.91 bits per heavy atom. The number of hydrogen-bond donors (Lipinski definition) is 1. The molecule has 3 aliphatic carbocycles. The van der Waals surface area contributed by atoms with Crippen LogP contribution in [0.2, 0.25) is 0 Å². The lowest BCUT2D eigenvalue weighted by atomic mass is 9.55. The Hall–Kier alpha value is -1.35. The number of aliphatic hydroxyl groups is 1. The summed E-state index contributed by atoms with van der Waals surface area (Å²) in [7, 11) is 1.71. The lowest BCUT2D eigenvalue weighted by Gasteiger charge is -2.49. The van der Waals surface area contributed by atoms with Crippen molar-refractivity contribution in [2.24, 2.45) is 17.3 Å². The van der Waals surface area contributed by atoms with Crippen LogP contribution in [0.4, 0.5) is 0 Å². The summed E-state index contributed by atoms with van der Waals surface area (Å²) in [5, 5.41) is 10.5. The number of ketones is 1. The first-order valence-electron chi connectivity index (χ1n) is 8.43. The van der Waals surface area contributed by atoms with E-state index in [0.29, 0.717) is 18.3 Å². The number of aliphatic hydroxyl groups excluding tert-OH is 1. The first-order chi connectivity index (χ1) is 10.5. The standard InChI is InChI=1S/C19H24O3/c1-19-8-7-14-13-6-4-12(22-2)9-11(13)3-5-15(14)18(19)16(20)10-17(19)21/h4,6,9,14-16,18,20H,3,5,7-8,10H2,1-2H3/t14-,15-,16?,18-,19-/m1/s1.